The third-order valence-corrected chi connectivity index (χ3v) is 6.45. The second-order valence-corrected chi connectivity index (χ2v) is 8.88. The van der Waals surface area contributed by atoms with E-state index in [1.807, 2.05) is 4.90 Å². The second-order valence-electron chi connectivity index (χ2n) is 7.87. The number of fused-ring (bicyclic) bond motifs is 2. The van der Waals surface area contributed by atoms with E-state index >= 15 is 0 Å². The SMILES string of the molecule is O=C(N[C@H]1CCN(C2CCNCC2)C1=O)[C@@H]1CCC2CN1C(=O)N2OS(=O)(=O)O. The molecule has 4 aliphatic heterocycles. The summed E-state index contributed by atoms with van der Waals surface area (Å²) in [6.07, 6.45) is 2.96. The van der Waals surface area contributed by atoms with Gasteiger partial charge in [-0.15, -0.1) is 4.28 Å². The lowest BCUT2D eigenvalue weighted by Crippen LogP contribution is -2.54. The highest BCUT2D eigenvalue weighted by molar-refractivity contribution is 7.80. The Morgan fingerprint density at radius 3 is 2.48 bits per heavy atom. The maximum absolute atomic E-state index is 12.8. The van der Waals surface area contributed by atoms with E-state index in [0.717, 1.165) is 25.9 Å². The molecule has 0 aromatic rings. The Kier molecular flexibility index (Phi) is 5.40. The monoisotopic (exact) mass is 431 g/mol. The maximum Gasteiger partial charge on any atom is 0.418 e. The van der Waals surface area contributed by atoms with Crippen molar-refractivity contribution in [3.63, 3.8) is 0 Å². The van der Waals surface area contributed by atoms with Gasteiger partial charge in [0.1, 0.15) is 12.1 Å². The van der Waals surface area contributed by atoms with Crippen molar-refractivity contribution in [2.75, 3.05) is 26.2 Å². The van der Waals surface area contributed by atoms with Gasteiger partial charge in [0, 0.05) is 19.1 Å². The lowest BCUT2D eigenvalue weighted by Gasteiger charge is -2.32. The molecule has 2 bridgehead atoms. The minimum Gasteiger partial charge on any atom is -0.342 e. The van der Waals surface area contributed by atoms with E-state index in [1.165, 1.54) is 4.90 Å². The molecule has 0 aromatic carbocycles. The first-order chi connectivity index (χ1) is 13.7. The molecule has 29 heavy (non-hydrogen) atoms. The van der Waals surface area contributed by atoms with Crippen LogP contribution < -0.4 is 10.6 Å². The molecule has 13 heteroatoms. The zero-order valence-corrected chi connectivity index (χ0v) is 16.6. The quantitative estimate of drug-likeness (QED) is 0.444. The summed E-state index contributed by atoms with van der Waals surface area (Å²) in [5.41, 5.74) is 0. The van der Waals surface area contributed by atoms with Gasteiger partial charge in [-0.3, -0.25) is 14.1 Å². The number of amides is 4. The van der Waals surface area contributed by atoms with Crippen LogP contribution in [0.25, 0.3) is 0 Å². The number of piperidine rings is 2. The predicted molar refractivity (Wildman–Crippen MR) is 97.5 cm³/mol. The molecule has 0 radical (unpaired) electrons. The van der Waals surface area contributed by atoms with Crippen LogP contribution >= 0.6 is 0 Å². The third-order valence-electron chi connectivity index (χ3n) is 6.11. The molecule has 162 valence electrons. The van der Waals surface area contributed by atoms with Crippen LogP contribution in [0.15, 0.2) is 0 Å². The molecule has 0 spiro atoms. The fourth-order valence-corrected chi connectivity index (χ4v) is 5.08. The lowest BCUT2D eigenvalue weighted by molar-refractivity contribution is -0.135. The summed E-state index contributed by atoms with van der Waals surface area (Å²) < 4.78 is 35.1. The molecule has 4 heterocycles. The predicted octanol–water partition coefficient (Wildman–Crippen LogP) is -1.54. The molecule has 4 fully saturated rings. The van der Waals surface area contributed by atoms with Crippen LogP contribution in [0.4, 0.5) is 4.79 Å². The molecule has 12 nitrogen and oxygen atoms in total. The smallest absolute Gasteiger partial charge is 0.342 e. The summed E-state index contributed by atoms with van der Waals surface area (Å²) in [7, 11) is -4.84. The lowest BCUT2D eigenvalue weighted by atomic mass is 10.00. The van der Waals surface area contributed by atoms with Gasteiger partial charge >= 0.3 is 16.4 Å². The zero-order valence-electron chi connectivity index (χ0n) is 15.8. The van der Waals surface area contributed by atoms with Gasteiger partial charge in [-0.1, -0.05) is 0 Å². The summed E-state index contributed by atoms with van der Waals surface area (Å²) in [4.78, 5) is 41.0. The summed E-state index contributed by atoms with van der Waals surface area (Å²) in [5, 5.41) is 6.63. The largest absolute Gasteiger partial charge is 0.418 e. The molecule has 0 saturated carbocycles. The Bertz CT molecular complexity index is 799. The number of hydroxylamine groups is 2. The van der Waals surface area contributed by atoms with Crippen molar-refractivity contribution in [1.29, 1.82) is 0 Å². The van der Waals surface area contributed by atoms with Gasteiger partial charge < -0.3 is 20.4 Å². The minimum absolute atomic E-state index is 0.0944. The Labute approximate surface area is 168 Å². The number of likely N-dealkylation sites (tertiary alicyclic amines) is 1. The molecule has 4 amide bonds. The number of nitrogens with one attached hydrogen (secondary N) is 2. The van der Waals surface area contributed by atoms with E-state index in [4.69, 9.17) is 4.55 Å². The molecule has 0 aromatic heterocycles. The van der Waals surface area contributed by atoms with E-state index in [2.05, 4.69) is 14.9 Å². The van der Waals surface area contributed by atoms with Crippen LogP contribution in [0, 0.1) is 0 Å². The molecule has 4 rings (SSSR count). The van der Waals surface area contributed by atoms with E-state index in [1.54, 1.807) is 0 Å². The number of hydrogen-bond donors (Lipinski definition) is 3. The van der Waals surface area contributed by atoms with Crippen molar-refractivity contribution >= 4 is 28.2 Å². The average molecular weight is 431 g/mol. The standard InChI is InChI=1S/C16H25N5O7S/c22-14(18-12-5-8-19(15(12)23)10-3-6-17-7-4-10)13-2-1-11-9-20(13)16(24)21(11)28-29(25,26)27/h10-13,17H,1-9H2,(H,18,22)(H,25,26,27)/t11?,12-,13-/m0/s1. The first-order valence-corrected chi connectivity index (χ1v) is 11.2. The summed E-state index contributed by atoms with van der Waals surface area (Å²) in [5.74, 6) is -0.529. The van der Waals surface area contributed by atoms with Crippen molar-refractivity contribution in [2.24, 2.45) is 0 Å². The van der Waals surface area contributed by atoms with Crippen molar-refractivity contribution in [3.8, 4) is 0 Å². The van der Waals surface area contributed by atoms with Crippen molar-refractivity contribution in [3.05, 3.63) is 0 Å². The number of urea groups is 1. The van der Waals surface area contributed by atoms with Gasteiger partial charge in [0.05, 0.1) is 6.04 Å². The van der Waals surface area contributed by atoms with Crippen LogP contribution in [-0.4, -0.2) is 96.0 Å². The van der Waals surface area contributed by atoms with E-state index in [9.17, 15) is 22.8 Å². The third kappa shape index (κ3) is 4.04. The first kappa shape index (κ1) is 20.3. The van der Waals surface area contributed by atoms with Gasteiger partial charge in [0.15, 0.2) is 0 Å². The number of carbonyl (C=O) groups excluding carboxylic acids is 3. The average Bonchev–Trinajstić information content (AvgIpc) is 3.15. The van der Waals surface area contributed by atoms with Gasteiger partial charge in [-0.2, -0.15) is 13.5 Å². The normalized spacial score (nSPS) is 30.9. The number of carbonyl (C=O) groups is 3. The molecule has 3 atom stereocenters. The Morgan fingerprint density at radius 1 is 1.07 bits per heavy atom. The second kappa shape index (κ2) is 7.70. The highest BCUT2D eigenvalue weighted by atomic mass is 32.3. The highest BCUT2D eigenvalue weighted by Crippen LogP contribution is 2.31. The molecular weight excluding hydrogens is 406 g/mol. The number of rotatable bonds is 5. The molecule has 4 saturated heterocycles. The summed E-state index contributed by atoms with van der Waals surface area (Å²) in [6.45, 7) is 2.45. The van der Waals surface area contributed by atoms with Gasteiger partial charge in [-0.05, 0) is 45.2 Å². The minimum atomic E-state index is -4.84. The van der Waals surface area contributed by atoms with Crippen LogP contribution in [0.5, 0.6) is 0 Å². The van der Waals surface area contributed by atoms with Gasteiger partial charge in [-0.25, -0.2) is 4.79 Å². The van der Waals surface area contributed by atoms with Crippen molar-refractivity contribution < 1.29 is 31.6 Å². The van der Waals surface area contributed by atoms with E-state index < -0.39 is 40.5 Å². The van der Waals surface area contributed by atoms with Crippen LogP contribution in [-0.2, 0) is 24.3 Å². The maximum atomic E-state index is 12.8. The van der Waals surface area contributed by atoms with Crippen LogP contribution in [0.1, 0.15) is 32.1 Å². The molecule has 3 N–H and O–H groups in total. The van der Waals surface area contributed by atoms with Crippen molar-refractivity contribution in [1.82, 2.24) is 25.5 Å². The number of nitrogens with zero attached hydrogens (tertiary/aromatic N) is 3. The first-order valence-electron chi connectivity index (χ1n) is 9.83. The fraction of sp³-hybridized carbons (Fsp3) is 0.812. The topological polar surface area (TPSA) is 149 Å². The summed E-state index contributed by atoms with van der Waals surface area (Å²) >= 11 is 0. The van der Waals surface area contributed by atoms with Gasteiger partial charge in [0.2, 0.25) is 11.8 Å². The van der Waals surface area contributed by atoms with Crippen LogP contribution in [0.3, 0.4) is 0 Å². The number of hydrogen-bond acceptors (Lipinski definition) is 7. The molecule has 4 aliphatic rings. The van der Waals surface area contributed by atoms with E-state index in [0.29, 0.717) is 30.9 Å². The highest BCUT2D eigenvalue weighted by Gasteiger charge is 2.50. The Balaban J connectivity index is 1.37. The molecule has 1 unspecified atom stereocenters. The summed E-state index contributed by atoms with van der Waals surface area (Å²) in [6, 6.07) is -2.59. The zero-order chi connectivity index (χ0) is 20.8. The Hall–Kier alpha value is -1.96. The fourth-order valence-electron chi connectivity index (χ4n) is 4.69. The molecule has 0 aliphatic carbocycles. The van der Waals surface area contributed by atoms with Crippen LogP contribution in [0.2, 0.25) is 0 Å². The van der Waals surface area contributed by atoms with Crippen molar-refractivity contribution in [2.45, 2.75) is 56.3 Å². The Morgan fingerprint density at radius 2 is 1.79 bits per heavy atom. The van der Waals surface area contributed by atoms with E-state index in [-0.39, 0.29) is 18.5 Å². The van der Waals surface area contributed by atoms with Gasteiger partial charge in [0.25, 0.3) is 0 Å². The molecular formula is C16H25N5O7S.